The maximum atomic E-state index is 12.7. The SMILES string of the molecule is C1CCNC1.C1CNCCN1.Nc1ccc(N2CCN(C(=O)c3ccccc3)CC2)cc1N1CCCC1.O=C(c1ccccc1)N1CCN(c2ccc(-n3cnnn3)c(N3CCCC3)c2)CC1.O=C(c1ccccc1)N1CCN(c2ccc([N+](=O)[O-])c(N3CCCC3)c2)CC1.O=[N+]([O-])c1ccc(Br)cc1F.O=[N+]([O-])c1ccc(Br)cc1N1CCCC1.O=[N+]([O-])c1ccc(N2CCNCC2)cc1N1CCCC1.[CH3-].[Pd]. The molecular weight excluding hydrogens is 2050 g/mol. The molecule has 10 aromatic rings. The molecule has 0 atom stereocenters. The number of hydrogen-bond donors (Lipinski definition) is 5. The van der Waals surface area contributed by atoms with Crippen LogP contribution in [0.1, 0.15) is 108 Å². The van der Waals surface area contributed by atoms with E-state index in [0.29, 0.717) is 28.8 Å². The van der Waals surface area contributed by atoms with Gasteiger partial charge in [-0.05, 0) is 222 Å². The third-order valence-corrected chi connectivity index (χ3v) is 27.6. The predicted molar refractivity (Wildman–Crippen MR) is 568 cm³/mol. The number of halogens is 3. The monoisotopic (exact) mass is 2180 g/mol. The van der Waals surface area contributed by atoms with Gasteiger partial charge in [-0.15, -0.1) is 5.10 Å². The Kier molecular flexibility index (Phi) is 42.7. The Labute approximate surface area is 866 Å². The molecule has 1 aromatic heterocycles. The second-order valence-electron chi connectivity index (χ2n) is 35.9. The van der Waals surface area contributed by atoms with E-state index in [9.17, 15) is 59.2 Å². The van der Waals surface area contributed by atoms with Crippen LogP contribution in [0.3, 0.4) is 0 Å². The van der Waals surface area contributed by atoms with E-state index < -0.39 is 16.4 Å². The summed E-state index contributed by atoms with van der Waals surface area (Å²) >= 11 is 6.33. The van der Waals surface area contributed by atoms with Crippen molar-refractivity contribution in [2.45, 2.75) is 77.0 Å². The quantitative estimate of drug-likeness (QED) is 0.0186. The fraction of sp³-hybridized carbons (Fsp3) is 0.427. The number of hydrogen-bond acceptors (Lipinski definition) is 28. The number of nitrogens with one attached hydrogen (secondary N) is 4. The topological polar surface area (TPSA) is 380 Å². The van der Waals surface area contributed by atoms with E-state index >= 15 is 0 Å². The fourth-order valence-electron chi connectivity index (χ4n) is 18.9. The molecule has 21 rings (SSSR count). The van der Waals surface area contributed by atoms with E-state index in [4.69, 9.17) is 5.73 Å². The molecule has 36 nitrogen and oxygen atoms in total. The number of nitro groups is 4. The van der Waals surface area contributed by atoms with Gasteiger partial charge in [0.2, 0.25) is 5.82 Å². The van der Waals surface area contributed by atoms with Gasteiger partial charge in [0.05, 0.1) is 42.4 Å². The number of aromatic nitrogens is 4. The van der Waals surface area contributed by atoms with Crippen molar-refractivity contribution >= 4 is 129 Å². The Bertz CT molecular complexity index is 5700. The summed E-state index contributed by atoms with van der Waals surface area (Å²) in [5.41, 5.74) is 19.4. The normalized spacial score (nSPS) is 17.0. The number of tetrazole rings is 1. The van der Waals surface area contributed by atoms with Gasteiger partial charge >= 0.3 is 5.69 Å². The van der Waals surface area contributed by atoms with Gasteiger partial charge in [0, 0.05) is 289 Å². The van der Waals surface area contributed by atoms with E-state index in [-0.39, 0.29) is 77.4 Å². The molecule has 766 valence electrons. The summed E-state index contributed by atoms with van der Waals surface area (Å²) < 4.78 is 15.7. The molecule has 11 aliphatic rings. The van der Waals surface area contributed by atoms with E-state index in [1.54, 1.807) is 35.3 Å². The largest absolute Gasteiger partial charge is 0.397 e. The Balaban J connectivity index is 0.000000152. The van der Waals surface area contributed by atoms with Crippen LogP contribution in [-0.2, 0) is 20.4 Å². The van der Waals surface area contributed by atoms with Crippen LogP contribution in [0.25, 0.3) is 5.69 Å². The number of nitro benzene ring substituents is 4. The summed E-state index contributed by atoms with van der Waals surface area (Å²) in [6.45, 7) is 29.6. The van der Waals surface area contributed by atoms with Crippen molar-refractivity contribution < 1.29 is 58.9 Å². The molecular formula is C103H131Br2FN25O11Pd-. The average molecular weight is 2180 g/mol. The summed E-state index contributed by atoms with van der Waals surface area (Å²) in [6, 6.07) is 60.8. The molecule has 40 heteroatoms. The second-order valence-corrected chi connectivity index (χ2v) is 37.7. The van der Waals surface area contributed by atoms with Crippen molar-refractivity contribution in [3.05, 3.63) is 286 Å². The van der Waals surface area contributed by atoms with Crippen LogP contribution in [0.5, 0.6) is 0 Å². The summed E-state index contributed by atoms with van der Waals surface area (Å²) in [6.07, 6.45) is 15.9. The van der Waals surface area contributed by atoms with Crippen LogP contribution in [0, 0.1) is 53.7 Å². The smallest absolute Gasteiger partial charge is 0.304 e. The molecule has 0 unspecified atom stereocenters. The van der Waals surface area contributed by atoms with Gasteiger partial charge in [-0.2, -0.15) is 9.07 Å². The summed E-state index contributed by atoms with van der Waals surface area (Å²) in [7, 11) is 0. The summed E-state index contributed by atoms with van der Waals surface area (Å²) in [5, 5.41) is 68.3. The minimum absolute atomic E-state index is 0. The molecule has 11 saturated heterocycles. The van der Waals surface area contributed by atoms with E-state index in [1.807, 2.05) is 142 Å². The van der Waals surface area contributed by atoms with Crippen molar-refractivity contribution in [1.29, 1.82) is 0 Å². The maximum absolute atomic E-state index is 12.7. The fourth-order valence-corrected chi connectivity index (χ4v) is 19.6. The number of benzene rings is 9. The van der Waals surface area contributed by atoms with Gasteiger partial charge in [0.1, 0.15) is 23.4 Å². The zero-order valence-electron chi connectivity index (χ0n) is 81.2. The van der Waals surface area contributed by atoms with Gasteiger partial charge in [-0.3, -0.25) is 54.8 Å². The molecule has 0 spiro atoms. The average Bonchev–Trinajstić information content (AvgIpc) is 1.75. The van der Waals surface area contributed by atoms with Crippen LogP contribution in [0.15, 0.2) is 215 Å². The van der Waals surface area contributed by atoms with Crippen LogP contribution < -0.4 is 71.1 Å². The number of nitrogen functional groups attached to an aromatic ring is 1. The molecule has 11 aliphatic heterocycles. The number of nitrogens with two attached hydrogens (primary N) is 1. The third kappa shape index (κ3) is 31.0. The number of amides is 3. The number of rotatable bonds is 17. The number of piperazine rings is 5. The van der Waals surface area contributed by atoms with Crippen molar-refractivity contribution in [2.24, 2.45) is 0 Å². The molecule has 143 heavy (non-hydrogen) atoms. The van der Waals surface area contributed by atoms with Crippen molar-refractivity contribution in [3.63, 3.8) is 0 Å². The predicted octanol–water partition coefficient (Wildman–Crippen LogP) is 15.3. The maximum Gasteiger partial charge on any atom is 0.304 e. The first-order valence-electron chi connectivity index (χ1n) is 49.2. The summed E-state index contributed by atoms with van der Waals surface area (Å²) in [5.74, 6) is -0.534. The van der Waals surface area contributed by atoms with Crippen molar-refractivity contribution in [1.82, 2.24) is 56.2 Å². The number of carbonyl (C=O) groups excluding carboxylic acids is 3. The van der Waals surface area contributed by atoms with E-state index in [1.165, 1.54) is 74.7 Å². The molecule has 12 heterocycles. The first kappa shape index (κ1) is 109. The van der Waals surface area contributed by atoms with Crippen LogP contribution in [0.2, 0.25) is 0 Å². The molecule has 0 bridgehead atoms. The van der Waals surface area contributed by atoms with Gasteiger partial charge in [-0.1, -0.05) is 86.5 Å². The molecule has 9 aromatic carbocycles. The number of carbonyl (C=O) groups is 3. The zero-order valence-corrected chi connectivity index (χ0v) is 85.9. The molecule has 6 N–H and O–H groups in total. The molecule has 0 saturated carbocycles. The first-order chi connectivity index (χ1) is 68.7. The van der Waals surface area contributed by atoms with Crippen LogP contribution in [0.4, 0.5) is 84.0 Å². The summed E-state index contributed by atoms with van der Waals surface area (Å²) in [4.78, 5) is 106. The van der Waals surface area contributed by atoms with E-state index in [2.05, 4.69) is 143 Å². The van der Waals surface area contributed by atoms with E-state index in [0.717, 1.165) is 289 Å². The van der Waals surface area contributed by atoms with Crippen molar-refractivity contribution in [3.8, 4) is 5.69 Å². The number of nitrogens with zero attached hydrogens (tertiary/aromatic N) is 20. The first-order valence-corrected chi connectivity index (χ1v) is 50.8. The minimum Gasteiger partial charge on any atom is -0.397 e. The van der Waals surface area contributed by atoms with Gasteiger partial charge in [0.25, 0.3) is 34.8 Å². The molecule has 0 radical (unpaired) electrons. The van der Waals surface area contributed by atoms with Crippen molar-refractivity contribution in [2.75, 3.05) is 259 Å². The Hall–Kier alpha value is -12.5. The standard InChI is InChI=1S/C22H25N7O.C21H24N4O3.C21H26N4O.C14H20N4O2.C10H11BrN2O2.C6H3BrFNO2.C4H10N2.C4H9N.CH3.Pd/c30-22(18-6-2-1-3-7-18)28-14-12-26(13-15-28)19-8-9-20(29-17-23-24-25-29)21(16-19)27-10-4-5-11-27;26-21(17-6-2-1-3-7-17)24-14-12-22(13-15-24)18-8-9-19(25(27)28)20(16-18)23-10-4-5-11-23;22-19-9-8-18(16-20(19)24-10-4-5-11-24)23-12-14-25(15-13-23)21(26)17-6-2-1-3-7-17;19-18(20)13-4-3-12(16-9-5-15-6-10-16)11-14(13)17-7-1-2-8-17;11-8-3-4-9(13(14)15)10(7-8)12-5-1-2-6-12;7-4-1-2-6(9(10)11)5(8)3-4;1-2-6-4-3-5-1;1-2-4-5-3-1;;/h1-3,6-9,16-17H,4-5,10-15H2;1-3,6-9,16H,4-5,10-15H2;1-3,6-9,16H,4-5,10-15,22H2;3-4,11,15H,1-2,5-10H2;3-4,7H,1-2,5-6H2;1-3H;5-6H,1-4H2;5H,1-4H2;1H3;/q;;;;;;;;-1;. The Morgan fingerprint density at radius 1 is 0.308 bits per heavy atom. The molecule has 3 amide bonds. The Morgan fingerprint density at radius 3 is 0.937 bits per heavy atom. The van der Waals surface area contributed by atoms with Gasteiger partial charge in [0.15, 0.2) is 0 Å². The molecule has 11 fully saturated rings. The second kappa shape index (κ2) is 55.9. The van der Waals surface area contributed by atoms with Gasteiger partial charge < -0.3 is 93.2 Å². The molecule has 0 aliphatic carbocycles. The van der Waals surface area contributed by atoms with Crippen LogP contribution >= 0.6 is 31.9 Å². The van der Waals surface area contributed by atoms with Crippen LogP contribution in [-0.4, -0.2) is 282 Å². The van der Waals surface area contributed by atoms with Gasteiger partial charge in [-0.25, -0.2) is 0 Å². The third-order valence-electron chi connectivity index (χ3n) is 26.6. The Morgan fingerprint density at radius 2 is 0.601 bits per heavy atom. The zero-order chi connectivity index (χ0) is 98.8. The minimum atomic E-state index is -0.829. The number of anilines is 10.